The zero-order chi connectivity index (χ0) is 14.6. The van der Waals surface area contributed by atoms with E-state index in [-0.39, 0.29) is 5.41 Å². The summed E-state index contributed by atoms with van der Waals surface area (Å²) in [4.78, 5) is 0. The lowest BCUT2D eigenvalue weighted by Crippen LogP contribution is -2.67. The van der Waals surface area contributed by atoms with Gasteiger partial charge in [0.25, 0.3) is 0 Å². The van der Waals surface area contributed by atoms with E-state index in [0.29, 0.717) is 23.5 Å². The van der Waals surface area contributed by atoms with Gasteiger partial charge in [0.05, 0.1) is 11.7 Å². The van der Waals surface area contributed by atoms with Crippen molar-refractivity contribution in [2.24, 2.45) is 16.7 Å². The SMILES string of the molecule is CC1(C)CCC(O)(CNC2C3CCOC3C2(C)C)CC1. The third-order valence-electron chi connectivity index (χ3n) is 6.29. The molecular weight excluding hydrogens is 250 g/mol. The van der Waals surface area contributed by atoms with E-state index >= 15 is 0 Å². The van der Waals surface area contributed by atoms with Crippen LogP contribution in [0.2, 0.25) is 0 Å². The molecule has 3 atom stereocenters. The van der Waals surface area contributed by atoms with Crippen LogP contribution in [0, 0.1) is 16.7 Å². The third-order valence-corrected chi connectivity index (χ3v) is 6.29. The highest BCUT2D eigenvalue weighted by Crippen LogP contribution is 2.52. The molecule has 1 saturated heterocycles. The molecule has 3 nitrogen and oxygen atoms in total. The Bertz CT molecular complexity index is 367. The summed E-state index contributed by atoms with van der Waals surface area (Å²) < 4.78 is 5.84. The van der Waals surface area contributed by atoms with E-state index in [4.69, 9.17) is 4.74 Å². The molecule has 116 valence electrons. The average molecular weight is 281 g/mol. The van der Waals surface area contributed by atoms with Crippen LogP contribution in [-0.4, -0.2) is 36.0 Å². The molecule has 0 aromatic rings. The Balaban J connectivity index is 1.55. The highest BCUT2D eigenvalue weighted by atomic mass is 16.5. The van der Waals surface area contributed by atoms with Gasteiger partial charge in [-0.2, -0.15) is 0 Å². The van der Waals surface area contributed by atoms with Gasteiger partial charge in [0.2, 0.25) is 0 Å². The number of hydrogen-bond acceptors (Lipinski definition) is 3. The van der Waals surface area contributed by atoms with Gasteiger partial charge in [0.15, 0.2) is 0 Å². The summed E-state index contributed by atoms with van der Waals surface area (Å²) in [7, 11) is 0. The molecule has 3 aliphatic rings. The highest BCUT2D eigenvalue weighted by Gasteiger charge is 2.59. The van der Waals surface area contributed by atoms with E-state index in [0.717, 1.165) is 38.8 Å². The molecule has 2 N–H and O–H groups in total. The third kappa shape index (κ3) is 2.42. The Labute approximate surface area is 123 Å². The molecular formula is C17H31NO2. The molecule has 3 rings (SSSR count). The monoisotopic (exact) mass is 281 g/mol. The Morgan fingerprint density at radius 2 is 1.75 bits per heavy atom. The molecule has 0 bridgehead atoms. The second-order valence-corrected chi connectivity index (χ2v) is 8.81. The van der Waals surface area contributed by atoms with Crippen LogP contribution in [0.4, 0.5) is 0 Å². The van der Waals surface area contributed by atoms with Crippen molar-refractivity contribution in [2.45, 2.75) is 77.5 Å². The van der Waals surface area contributed by atoms with Crippen molar-refractivity contribution in [2.75, 3.05) is 13.2 Å². The number of ether oxygens (including phenoxy) is 1. The van der Waals surface area contributed by atoms with Gasteiger partial charge in [-0.1, -0.05) is 27.7 Å². The molecule has 0 aromatic carbocycles. The van der Waals surface area contributed by atoms with Crippen LogP contribution in [-0.2, 0) is 4.74 Å². The predicted molar refractivity (Wildman–Crippen MR) is 80.6 cm³/mol. The molecule has 3 unspecified atom stereocenters. The van der Waals surface area contributed by atoms with Crippen molar-refractivity contribution in [1.29, 1.82) is 0 Å². The lowest BCUT2D eigenvalue weighted by molar-refractivity contribution is -0.120. The maximum Gasteiger partial charge on any atom is 0.0772 e. The maximum absolute atomic E-state index is 10.8. The summed E-state index contributed by atoms with van der Waals surface area (Å²) in [5.41, 5.74) is 0.133. The Morgan fingerprint density at radius 1 is 1.10 bits per heavy atom. The van der Waals surface area contributed by atoms with Crippen molar-refractivity contribution in [3.8, 4) is 0 Å². The first-order valence-electron chi connectivity index (χ1n) is 8.31. The minimum Gasteiger partial charge on any atom is -0.389 e. The van der Waals surface area contributed by atoms with Crippen LogP contribution < -0.4 is 5.32 Å². The summed E-state index contributed by atoms with van der Waals surface area (Å²) in [6, 6.07) is 0.508. The predicted octanol–water partition coefficient (Wildman–Crippen LogP) is 2.72. The standard InChI is InChI=1S/C17H31NO2/c1-15(2)6-8-17(19,9-7-15)11-18-13-12-5-10-20-14(12)16(13,3)4/h12-14,18-19H,5-11H2,1-4H3. The lowest BCUT2D eigenvalue weighted by Gasteiger charge is -2.55. The van der Waals surface area contributed by atoms with Crippen LogP contribution in [0.3, 0.4) is 0 Å². The summed E-state index contributed by atoms with van der Waals surface area (Å²) >= 11 is 0. The first-order valence-corrected chi connectivity index (χ1v) is 8.31. The van der Waals surface area contributed by atoms with Crippen LogP contribution in [0.5, 0.6) is 0 Å². The Kier molecular flexibility index (Phi) is 3.47. The molecule has 0 spiro atoms. The fourth-order valence-corrected chi connectivity index (χ4v) is 4.61. The number of aliphatic hydroxyl groups is 1. The van der Waals surface area contributed by atoms with Crippen molar-refractivity contribution in [1.82, 2.24) is 5.32 Å². The lowest BCUT2D eigenvalue weighted by atomic mass is 9.57. The van der Waals surface area contributed by atoms with Gasteiger partial charge >= 0.3 is 0 Å². The fraction of sp³-hybridized carbons (Fsp3) is 1.00. The van der Waals surface area contributed by atoms with Gasteiger partial charge in [-0.25, -0.2) is 0 Å². The topological polar surface area (TPSA) is 41.5 Å². The van der Waals surface area contributed by atoms with Crippen LogP contribution >= 0.6 is 0 Å². The summed E-state index contributed by atoms with van der Waals surface area (Å²) in [5, 5.41) is 14.5. The molecule has 3 heteroatoms. The van der Waals surface area contributed by atoms with E-state index in [1.807, 2.05) is 0 Å². The number of fused-ring (bicyclic) bond motifs is 1. The first kappa shape index (κ1) is 14.8. The highest BCUT2D eigenvalue weighted by molar-refractivity contribution is 5.11. The van der Waals surface area contributed by atoms with E-state index in [1.54, 1.807) is 0 Å². The number of nitrogens with one attached hydrogen (secondary N) is 1. The van der Waals surface area contributed by atoms with Crippen LogP contribution in [0.25, 0.3) is 0 Å². The zero-order valence-corrected chi connectivity index (χ0v) is 13.5. The first-order chi connectivity index (χ1) is 9.24. The minimum atomic E-state index is -0.490. The Morgan fingerprint density at radius 3 is 2.40 bits per heavy atom. The van der Waals surface area contributed by atoms with Gasteiger partial charge < -0.3 is 15.2 Å². The van der Waals surface area contributed by atoms with E-state index in [1.165, 1.54) is 6.42 Å². The second kappa shape index (κ2) is 4.69. The average Bonchev–Trinajstić information content (AvgIpc) is 2.80. The van der Waals surface area contributed by atoms with Gasteiger partial charge in [-0.05, 0) is 37.5 Å². The molecule has 1 heterocycles. The van der Waals surface area contributed by atoms with Crippen molar-refractivity contribution >= 4 is 0 Å². The molecule has 1 aliphatic heterocycles. The van der Waals surface area contributed by atoms with E-state index in [9.17, 15) is 5.11 Å². The zero-order valence-electron chi connectivity index (χ0n) is 13.5. The summed E-state index contributed by atoms with van der Waals surface area (Å²) in [5.74, 6) is 0.661. The minimum absolute atomic E-state index is 0.214. The molecule has 0 amide bonds. The molecule has 0 radical (unpaired) electrons. The van der Waals surface area contributed by atoms with Crippen LogP contribution in [0.1, 0.15) is 59.8 Å². The van der Waals surface area contributed by atoms with Crippen molar-refractivity contribution in [3.63, 3.8) is 0 Å². The van der Waals surface area contributed by atoms with Gasteiger partial charge in [0.1, 0.15) is 0 Å². The molecule has 2 aliphatic carbocycles. The molecule has 3 fully saturated rings. The normalized spacial score (nSPS) is 41.0. The Hall–Kier alpha value is -0.120. The van der Waals surface area contributed by atoms with Crippen molar-refractivity contribution < 1.29 is 9.84 Å². The smallest absolute Gasteiger partial charge is 0.0772 e. The molecule has 20 heavy (non-hydrogen) atoms. The molecule has 0 aromatic heterocycles. The van der Waals surface area contributed by atoms with Gasteiger partial charge in [0, 0.05) is 30.5 Å². The number of hydrogen-bond donors (Lipinski definition) is 2. The fourth-order valence-electron chi connectivity index (χ4n) is 4.61. The van der Waals surface area contributed by atoms with Crippen LogP contribution in [0.15, 0.2) is 0 Å². The van der Waals surface area contributed by atoms with Gasteiger partial charge in [-0.3, -0.25) is 0 Å². The largest absolute Gasteiger partial charge is 0.389 e. The second-order valence-electron chi connectivity index (χ2n) is 8.81. The quantitative estimate of drug-likeness (QED) is 0.836. The van der Waals surface area contributed by atoms with E-state index < -0.39 is 5.60 Å². The number of rotatable bonds is 3. The molecule has 2 saturated carbocycles. The van der Waals surface area contributed by atoms with E-state index in [2.05, 4.69) is 33.0 Å². The summed E-state index contributed by atoms with van der Waals surface area (Å²) in [6.07, 6.45) is 5.75. The maximum atomic E-state index is 10.8. The summed E-state index contributed by atoms with van der Waals surface area (Å²) in [6.45, 7) is 10.9. The van der Waals surface area contributed by atoms with Gasteiger partial charge in [-0.15, -0.1) is 0 Å². The van der Waals surface area contributed by atoms with Crippen molar-refractivity contribution in [3.05, 3.63) is 0 Å².